The molecule has 0 spiro atoms. The fourth-order valence-electron chi connectivity index (χ4n) is 1.05. The molecule has 0 atom stereocenters. The van der Waals surface area contributed by atoms with Gasteiger partial charge in [-0.15, -0.1) is 11.3 Å². The zero-order valence-corrected chi connectivity index (χ0v) is 10.2. The van der Waals surface area contributed by atoms with Crippen molar-refractivity contribution in [1.29, 1.82) is 0 Å². The monoisotopic (exact) mass is 222 g/mol. The Balaban J connectivity index is 2.97. The van der Waals surface area contributed by atoms with Crippen molar-refractivity contribution in [2.45, 2.75) is 20.8 Å². The van der Waals surface area contributed by atoms with Gasteiger partial charge in [0.25, 0.3) is 0 Å². The molecule has 0 saturated carbocycles. The summed E-state index contributed by atoms with van der Waals surface area (Å²) in [6, 6.07) is 1.92. The Labute approximate surface area is 94.3 Å². The highest BCUT2D eigenvalue weighted by Crippen LogP contribution is 2.21. The molecule has 1 heterocycles. The lowest BCUT2D eigenvalue weighted by molar-refractivity contribution is 0.0605. The second-order valence-corrected chi connectivity index (χ2v) is 4.59. The molecular weight excluding hydrogens is 208 g/mol. The fraction of sp³-hybridized carbons (Fsp3) is 0.417. The molecule has 1 rings (SSSR count). The standard InChI is InChI=1S/C12H14O2S/c1-8(2)5-6-10-7-9(3)11(15-10)12(13)14-4/h7-8H,1-4H3. The number of hydrogen-bond donors (Lipinski definition) is 0. The highest BCUT2D eigenvalue weighted by molar-refractivity contribution is 7.14. The first-order valence-corrected chi connectivity index (χ1v) is 5.56. The van der Waals surface area contributed by atoms with Crippen LogP contribution in [0.4, 0.5) is 0 Å². The van der Waals surface area contributed by atoms with Crippen LogP contribution in [0.2, 0.25) is 0 Å². The van der Waals surface area contributed by atoms with E-state index in [1.54, 1.807) is 0 Å². The molecule has 0 aliphatic heterocycles. The first kappa shape index (κ1) is 11.8. The minimum atomic E-state index is -0.282. The van der Waals surface area contributed by atoms with E-state index in [-0.39, 0.29) is 5.97 Å². The third kappa shape index (κ3) is 3.10. The Morgan fingerprint density at radius 2 is 2.20 bits per heavy atom. The van der Waals surface area contributed by atoms with Crippen LogP contribution >= 0.6 is 11.3 Å². The Bertz CT molecular complexity index is 419. The molecule has 15 heavy (non-hydrogen) atoms. The van der Waals surface area contributed by atoms with Crippen LogP contribution in [0.25, 0.3) is 0 Å². The van der Waals surface area contributed by atoms with Crippen LogP contribution in [0, 0.1) is 24.7 Å². The van der Waals surface area contributed by atoms with Crippen LogP contribution in [0.1, 0.15) is 34.0 Å². The van der Waals surface area contributed by atoms with E-state index in [2.05, 4.69) is 16.6 Å². The molecule has 0 aliphatic carbocycles. The average Bonchev–Trinajstić information content (AvgIpc) is 2.55. The average molecular weight is 222 g/mol. The molecule has 0 aliphatic rings. The normalized spacial score (nSPS) is 9.67. The third-order valence-electron chi connectivity index (χ3n) is 1.77. The zero-order valence-electron chi connectivity index (χ0n) is 9.38. The summed E-state index contributed by atoms with van der Waals surface area (Å²) in [5.74, 6) is 6.17. The molecular formula is C12H14O2S. The molecule has 0 aromatic carbocycles. The van der Waals surface area contributed by atoms with Gasteiger partial charge in [0.1, 0.15) is 4.88 Å². The first-order chi connectivity index (χ1) is 7.04. The minimum absolute atomic E-state index is 0.282. The van der Waals surface area contributed by atoms with Gasteiger partial charge in [0.05, 0.1) is 12.0 Å². The van der Waals surface area contributed by atoms with Crippen LogP contribution in [0.5, 0.6) is 0 Å². The van der Waals surface area contributed by atoms with Gasteiger partial charge < -0.3 is 4.74 Å². The molecule has 0 unspecified atom stereocenters. The summed E-state index contributed by atoms with van der Waals surface area (Å²) in [5, 5.41) is 0. The molecule has 80 valence electrons. The van der Waals surface area contributed by atoms with Crippen LogP contribution < -0.4 is 0 Å². The molecule has 1 aromatic rings. The molecule has 0 bridgehead atoms. The van der Waals surface area contributed by atoms with Crippen LogP contribution in [0.15, 0.2) is 6.07 Å². The zero-order chi connectivity index (χ0) is 11.4. The quantitative estimate of drug-likeness (QED) is 0.539. The maximum atomic E-state index is 11.3. The van der Waals surface area contributed by atoms with Crippen LogP contribution in [-0.4, -0.2) is 13.1 Å². The predicted octanol–water partition coefficient (Wildman–Crippen LogP) is 2.85. The summed E-state index contributed by atoms with van der Waals surface area (Å²) in [7, 11) is 1.39. The van der Waals surface area contributed by atoms with Crippen molar-refractivity contribution in [2.24, 2.45) is 5.92 Å². The largest absolute Gasteiger partial charge is 0.465 e. The van der Waals surface area contributed by atoms with Gasteiger partial charge in [-0.25, -0.2) is 4.79 Å². The van der Waals surface area contributed by atoms with Crippen molar-refractivity contribution in [1.82, 2.24) is 0 Å². The Hall–Kier alpha value is -1.27. The lowest BCUT2D eigenvalue weighted by Gasteiger charge is -1.94. The summed E-state index contributed by atoms with van der Waals surface area (Å²) in [5.41, 5.74) is 0.930. The van der Waals surface area contributed by atoms with Crippen LogP contribution in [-0.2, 0) is 4.74 Å². The molecule has 1 aromatic heterocycles. The van der Waals surface area contributed by atoms with E-state index in [9.17, 15) is 4.79 Å². The first-order valence-electron chi connectivity index (χ1n) is 4.75. The van der Waals surface area contributed by atoms with E-state index < -0.39 is 0 Å². The number of hydrogen-bond acceptors (Lipinski definition) is 3. The number of rotatable bonds is 1. The summed E-state index contributed by atoms with van der Waals surface area (Å²) in [4.78, 5) is 12.9. The molecule has 0 saturated heterocycles. The minimum Gasteiger partial charge on any atom is -0.465 e. The van der Waals surface area contributed by atoms with Crippen molar-refractivity contribution in [2.75, 3.05) is 7.11 Å². The number of aryl methyl sites for hydroxylation is 1. The highest BCUT2D eigenvalue weighted by atomic mass is 32.1. The lowest BCUT2D eigenvalue weighted by atomic mass is 10.2. The fourth-order valence-corrected chi connectivity index (χ4v) is 2.01. The van der Waals surface area contributed by atoms with Crippen LogP contribution in [0.3, 0.4) is 0 Å². The topological polar surface area (TPSA) is 26.3 Å². The Morgan fingerprint density at radius 3 is 2.73 bits per heavy atom. The summed E-state index contributed by atoms with van der Waals surface area (Å²) >= 11 is 1.39. The van der Waals surface area contributed by atoms with E-state index in [4.69, 9.17) is 0 Å². The van der Waals surface area contributed by atoms with Crippen molar-refractivity contribution in [3.63, 3.8) is 0 Å². The number of thiophene rings is 1. The van der Waals surface area contributed by atoms with E-state index in [0.717, 1.165) is 10.4 Å². The van der Waals surface area contributed by atoms with Crippen molar-refractivity contribution >= 4 is 17.3 Å². The summed E-state index contributed by atoms with van der Waals surface area (Å²) in [6.07, 6.45) is 0. The molecule has 0 fully saturated rings. The van der Waals surface area contributed by atoms with Gasteiger partial charge in [0.15, 0.2) is 0 Å². The van der Waals surface area contributed by atoms with Gasteiger partial charge in [-0.2, -0.15) is 0 Å². The lowest BCUT2D eigenvalue weighted by Crippen LogP contribution is -1.99. The second kappa shape index (κ2) is 4.99. The van der Waals surface area contributed by atoms with Gasteiger partial charge in [-0.05, 0) is 18.6 Å². The van der Waals surface area contributed by atoms with Gasteiger partial charge in [-0.1, -0.05) is 25.7 Å². The van der Waals surface area contributed by atoms with E-state index in [0.29, 0.717) is 10.8 Å². The van der Waals surface area contributed by atoms with Gasteiger partial charge >= 0.3 is 5.97 Å². The maximum Gasteiger partial charge on any atom is 0.348 e. The van der Waals surface area contributed by atoms with Gasteiger partial charge in [-0.3, -0.25) is 0 Å². The van der Waals surface area contributed by atoms with Gasteiger partial charge in [0.2, 0.25) is 0 Å². The highest BCUT2D eigenvalue weighted by Gasteiger charge is 2.12. The third-order valence-corrected chi connectivity index (χ3v) is 2.91. The predicted molar refractivity (Wildman–Crippen MR) is 62.1 cm³/mol. The smallest absolute Gasteiger partial charge is 0.348 e. The Kier molecular flexibility index (Phi) is 3.93. The molecule has 2 nitrogen and oxygen atoms in total. The molecule has 3 heteroatoms. The van der Waals surface area contributed by atoms with Crippen molar-refractivity contribution in [3.05, 3.63) is 21.4 Å². The number of ether oxygens (including phenoxy) is 1. The maximum absolute atomic E-state index is 11.3. The number of methoxy groups -OCH3 is 1. The SMILES string of the molecule is COC(=O)c1sc(C#CC(C)C)cc1C. The van der Waals surface area contributed by atoms with Crippen molar-refractivity contribution < 1.29 is 9.53 Å². The summed E-state index contributed by atoms with van der Waals surface area (Å²) in [6.45, 7) is 5.96. The second-order valence-electron chi connectivity index (χ2n) is 3.54. The molecule has 0 N–H and O–H groups in total. The van der Waals surface area contributed by atoms with E-state index in [1.807, 2.05) is 26.8 Å². The number of carbonyl (C=O) groups excluding carboxylic acids is 1. The molecule has 0 radical (unpaired) electrons. The number of carbonyl (C=O) groups is 1. The van der Waals surface area contributed by atoms with E-state index in [1.165, 1.54) is 18.4 Å². The van der Waals surface area contributed by atoms with Crippen molar-refractivity contribution in [3.8, 4) is 11.8 Å². The number of esters is 1. The van der Waals surface area contributed by atoms with E-state index >= 15 is 0 Å². The van der Waals surface area contributed by atoms with Gasteiger partial charge in [0, 0.05) is 5.92 Å². The summed E-state index contributed by atoms with van der Waals surface area (Å²) < 4.78 is 4.68. The Morgan fingerprint density at radius 1 is 1.53 bits per heavy atom. The molecule has 0 amide bonds.